The SMILES string of the molecule is CN(C)S(=O)(=O)c1c(Cl)ccc(Nc2c(NC3(c4cccc(F)c4)CCC3)c(=O)c2=O)c1O. The summed E-state index contributed by atoms with van der Waals surface area (Å²) in [4.78, 5) is 24.2. The molecule has 1 aliphatic rings. The average molecular weight is 494 g/mol. The zero-order chi connectivity index (χ0) is 24.1. The Bertz CT molecular complexity index is 1430. The zero-order valence-corrected chi connectivity index (χ0v) is 19.3. The number of nitrogens with zero attached hydrogens (tertiary/aromatic N) is 1. The minimum absolute atomic E-state index is 0.00433. The van der Waals surface area contributed by atoms with Crippen molar-refractivity contribution in [3.8, 4) is 5.75 Å². The van der Waals surface area contributed by atoms with Gasteiger partial charge in [-0.3, -0.25) is 9.59 Å². The van der Waals surface area contributed by atoms with Crippen LogP contribution in [0.3, 0.4) is 0 Å². The molecular weight excluding hydrogens is 473 g/mol. The zero-order valence-electron chi connectivity index (χ0n) is 17.8. The summed E-state index contributed by atoms with van der Waals surface area (Å²) in [6.45, 7) is 0. The molecule has 174 valence electrons. The second-order valence-corrected chi connectivity index (χ2v) is 10.7. The molecule has 0 bridgehead atoms. The van der Waals surface area contributed by atoms with E-state index in [-0.39, 0.29) is 22.1 Å². The largest absolute Gasteiger partial charge is 0.504 e. The molecule has 33 heavy (non-hydrogen) atoms. The maximum absolute atomic E-state index is 13.8. The summed E-state index contributed by atoms with van der Waals surface area (Å²) < 4.78 is 39.8. The van der Waals surface area contributed by atoms with Crippen LogP contribution in [0.5, 0.6) is 5.75 Å². The molecule has 0 spiro atoms. The molecule has 3 aromatic rings. The highest BCUT2D eigenvalue weighted by Crippen LogP contribution is 2.45. The van der Waals surface area contributed by atoms with E-state index in [1.165, 1.54) is 38.4 Å². The quantitative estimate of drug-likeness (QED) is 0.341. The Morgan fingerprint density at radius 1 is 1.09 bits per heavy atom. The number of phenols is 1. The maximum Gasteiger partial charge on any atom is 0.253 e. The van der Waals surface area contributed by atoms with Gasteiger partial charge in [0.05, 0.1) is 16.2 Å². The molecule has 11 heteroatoms. The van der Waals surface area contributed by atoms with Crippen LogP contribution in [-0.2, 0) is 15.6 Å². The Kier molecular flexibility index (Phi) is 5.71. The Morgan fingerprint density at radius 3 is 2.33 bits per heavy atom. The molecule has 0 unspecified atom stereocenters. The van der Waals surface area contributed by atoms with Crippen molar-refractivity contribution in [2.45, 2.75) is 29.7 Å². The van der Waals surface area contributed by atoms with Gasteiger partial charge in [-0.05, 0) is 49.1 Å². The smallest absolute Gasteiger partial charge is 0.253 e. The standard InChI is InChI=1S/C22H21ClFN3O5S/c1-27(2)33(31,32)21-14(23)7-8-15(18(21)28)25-16-17(20(30)19(16)29)26-22(9-4-10-22)12-5-3-6-13(24)11-12/h3,5-8,11,25-26,28H,4,9-10H2,1-2H3. The minimum Gasteiger partial charge on any atom is -0.504 e. The second kappa shape index (κ2) is 8.12. The van der Waals surface area contributed by atoms with Gasteiger partial charge >= 0.3 is 0 Å². The van der Waals surface area contributed by atoms with Crippen molar-refractivity contribution in [1.29, 1.82) is 0 Å². The molecule has 0 saturated heterocycles. The van der Waals surface area contributed by atoms with Crippen molar-refractivity contribution < 1.29 is 17.9 Å². The fraction of sp³-hybridized carbons (Fsp3) is 0.273. The molecule has 3 aromatic carbocycles. The number of nitrogens with one attached hydrogen (secondary N) is 2. The van der Waals surface area contributed by atoms with Gasteiger partial charge in [-0.1, -0.05) is 23.7 Å². The van der Waals surface area contributed by atoms with Crippen molar-refractivity contribution >= 4 is 38.7 Å². The predicted octanol–water partition coefficient (Wildman–Crippen LogP) is 3.27. The first-order valence-corrected chi connectivity index (χ1v) is 11.9. The van der Waals surface area contributed by atoms with Crippen molar-refractivity contribution in [2.75, 3.05) is 24.7 Å². The Hall–Kier alpha value is -2.95. The lowest BCUT2D eigenvalue weighted by Crippen LogP contribution is -2.47. The van der Waals surface area contributed by atoms with Crippen LogP contribution in [-0.4, -0.2) is 31.9 Å². The summed E-state index contributed by atoms with van der Waals surface area (Å²) in [6, 6.07) is 8.60. The number of sulfonamides is 1. The molecule has 0 aliphatic heterocycles. The van der Waals surface area contributed by atoms with Crippen LogP contribution in [0.15, 0.2) is 50.9 Å². The van der Waals surface area contributed by atoms with Crippen LogP contribution in [0.2, 0.25) is 5.02 Å². The van der Waals surface area contributed by atoms with Crippen LogP contribution < -0.4 is 21.5 Å². The highest BCUT2D eigenvalue weighted by molar-refractivity contribution is 7.89. The van der Waals surface area contributed by atoms with Crippen molar-refractivity contribution in [1.82, 2.24) is 4.31 Å². The molecule has 3 N–H and O–H groups in total. The van der Waals surface area contributed by atoms with Crippen molar-refractivity contribution in [2.24, 2.45) is 0 Å². The third-order valence-electron chi connectivity index (χ3n) is 5.94. The third-order valence-corrected chi connectivity index (χ3v) is 8.26. The van der Waals surface area contributed by atoms with Crippen LogP contribution in [0.4, 0.5) is 21.5 Å². The summed E-state index contributed by atoms with van der Waals surface area (Å²) in [6.07, 6.45) is 2.11. The highest BCUT2D eigenvalue weighted by atomic mass is 35.5. The summed E-state index contributed by atoms with van der Waals surface area (Å²) in [5.41, 5.74) is -1.86. The lowest BCUT2D eigenvalue weighted by molar-refractivity contribution is 0.283. The molecule has 0 aromatic heterocycles. The first-order valence-electron chi connectivity index (χ1n) is 10.1. The summed E-state index contributed by atoms with van der Waals surface area (Å²) in [5, 5.41) is 16.2. The normalized spacial score (nSPS) is 15.4. The fourth-order valence-corrected chi connectivity index (χ4v) is 5.36. The van der Waals surface area contributed by atoms with E-state index < -0.39 is 42.9 Å². The maximum atomic E-state index is 13.8. The lowest BCUT2D eigenvalue weighted by Gasteiger charge is -2.44. The Balaban J connectivity index is 1.71. The molecule has 1 fully saturated rings. The molecule has 1 saturated carbocycles. The van der Waals surface area contributed by atoms with E-state index >= 15 is 0 Å². The van der Waals surface area contributed by atoms with Gasteiger partial charge in [-0.25, -0.2) is 17.1 Å². The monoisotopic (exact) mass is 493 g/mol. The number of hydrogen-bond acceptors (Lipinski definition) is 7. The van der Waals surface area contributed by atoms with Gasteiger partial charge in [0.2, 0.25) is 10.0 Å². The van der Waals surface area contributed by atoms with Crippen LogP contribution in [0, 0.1) is 5.82 Å². The van der Waals surface area contributed by atoms with Gasteiger partial charge in [-0.15, -0.1) is 0 Å². The number of anilines is 3. The number of halogens is 2. The summed E-state index contributed by atoms with van der Waals surface area (Å²) in [5.74, 6) is -1.09. The topological polar surface area (TPSA) is 116 Å². The number of rotatable bonds is 7. The number of hydrogen-bond donors (Lipinski definition) is 3. The van der Waals surface area contributed by atoms with E-state index in [4.69, 9.17) is 11.6 Å². The van der Waals surface area contributed by atoms with Gasteiger partial charge in [0.1, 0.15) is 22.1 Å². The molecule has 0 atom stereocenters. The van der Waals surface area contributed by atoms with Gasteiger partial charge < -0.3 is 15.7 Å². The average Bonchev–Trinajstić information content (AvgIpc) is 2.73. The highest BCUT2D eigenvalue weighted by Gasteiger charge is 2.41. The van der Waals surface area contributed by atoms with E-state index in [0.29, 0.717) is 18.4 Å². The number of phenolic OH excluding ortho intramolecular Hbond substituents is 1. The molecule has 0 amide bonds. The van der Waals surface area contributed by atoms with Gasteiger partial charge in [-0.2, -0.15) is 0 Å². The molecule has 8 nitrogen and oxygen atoms in total. The van der Waals surface area contributed by atoms with Gasteiger partial charge in [0, 0.05) is 14.1 Å². The fourth-order valence-electron chi connectivity index (χ4n) is 3.88. The minimum atomic E-state index is -4.09. The van der Waals surface area contributed by atoms with Crippen molar-refractivity contribution in [3.05, 3.63) is 73.2 Å². The molecular formula is C22H21ClFN3O5S. The molecule has 0 heterocycles. The number of benzene rings is 2. The first kappa shape index (κ1) is 23.2. The summed E-state index contributed by atoms with van der Waals surface area (Å²) in [7, 11) is -1.52. The Labute approximate surface area is 194 Å². The van der Waals surface area contributed by atoms with Crippen LogP contribution in [0.1, 0.15) is 24.8 Å². The first-order chi connectivity index (χ1) is 15.5. The third kappa shape index (κ3) is 3.77. The van der Waals surface area contributed by atoms with E-state index in [0.717, 1.165) is 10.7 Å². The van der Waals surface area contributed by atoms with E-state index in [1.807, 2.05) is 0 Å². The van der Waals surface area contributed by atoms with Gasteiger partial charge in [0.15, 0.2) is 5.75 Å². The van der Waals surface area contributed by atoms with Crippen molar-refractivity contribution in [3.63, 3.8) is 0 Å². The predicted molar refractivity (Wildman–Crippen MR) is 124 cm³/mol. The van der Waals surface area contributed by atoms with Gasteiger partial charge in [0.25, 0.3) is 10.9 Å². The second-order valence-electron chi connectivity index (χ2n) is 8.16. The Morgan fingerprint density at radius 2 is 1.76 bits per heavy atom. The van der Waals surface area contributed by atoms with E-state index in [2.05, 4.69) is 10.6 Å². The van der Waals surface area contributed by atoms with E-state index in [1.54, 1.807) is 12.1 Å². The molecule has 0 radical (unpaired) electrons. The summed E-state index contributed by atoms with van der Waals surface area (Å²) >= 11 is 6.02. The molecule has 1 aliphatic carbocycles. The van der Waals surface area contributed by atoms with Crippen LogP contribution in [0.25, 0.3) is 0 Å². The number of aromatic hydroxyl groups is 1. The van der Waals surface area contributed by atoms with E-state index in [9.17, 15) is 27.5 Å². The van der Waals surface area contributed by atoms with Crippen LogP contribution >= 0.6 is 11.6 Å². The molecule has 4 rings (SSSR count). The lowest BCUT2D eigenvalue weighted by atomic mass is 9.71.